The molecular weight excluding hydrogens is 674 g/mol. The van der Waals surface area contributed by atoms with Crippen LogP contribution in [0.15, 0.2) is 132 Å². The van der Waals surface area contributed by atoms with E-state index in [0.29, 0.717) is 49.8 Å². The molecule has 0 atom stereocenters. The summed E-state index contributed by atoms with van der Waals surface area (Å²) in [6.07, 6.45) is 1.77. The summed E-state index contributed by atoms with van der Waals surface area (Å²) in [6, 6.07) is 37.8. The minimum absolute atomic E-state index is 0. The monoisotopic (exact) mass is 696 g/mol. The minimum Gasteiger partial charge on any atom is -0.872 e. The van der Waals surface area contributed by atoms with Gasteiger partial charge in [0.15, 0.2) is 24.5 Å². The van der Waals surface area contributed by atoms with Crippen LogP contribution in [0.2, 0.25) is 0 Å². The molecule has 0 saturated carbocycles. The number of hydrogen-bond acceptors (Lipinski definition) is 5. The quantitative estimate of drug-likeness (QED) is 0.209. The van der Waals surface area contributed by atoms with E-state index in [1.807, 2.05) is 109 Å². The standard InChI is InChI=1S/C35H22N3O3P.Cs/c39-28-19-17-26(35-31(28)34-29(41-35)12-7-21-36-34)27-18-15-22-13-14-23-16-20-30(38-33(23)32(22)37-27)42(40,24-8-3-1-4-9-24)25-10-5-2-6-11-25;/h1-21,39H;/q;+1. The molecule has 0 radical (unpaired) electrons. The van der Waals surface area contributed by atoms with E-state index in [1.54, 1.807) is 18.3 Å². The Morgan fingerprint density at radius 2 is 1.30 bits per heavy atom. The van der Waals surface area contributed by atoms with Gasteiger partial charge in [-0.2, -0.15) is 0 Å². The zero-order chi connectivity index (χ0) is 28.3. The van der Waals surface area contributed by atoms with Crippen LogP contribution in [0.25, 0.3) is 55.1 Å². The second-order valence-electron chi connectivity index (χ2n) is 10.2. The molecular formula is C35H22CsN3O3P+. The minimum atomic E-state index is -3.28. The summed E-state index contributed by atoms with van der Waals surface area (Å²) in [5.41, 5.74) is 4.96. The average molecular weight is 696 g/mol. The number of hydrogen-bond donors (Lipinski definition) is 0. The van der Waals surface area contributed by atoms with Crippen LogP contribution in [-0.2, 0) is 4.57 Å². The summed E-state index contributed by atoms with van der Waals surface area (Å²) in [5.74, 6) is -0.120. The topological polar surface area (TPSA) is 93.2 Å². The fourth-order valence-electron chi connectivity index (χ4n) is 5.69. The number of furan rings is 1. The van der Waals surface area contributed by atoms with Crippen LogP contribution in [0.5, 0.6) is 5.75 Å². The number of benzene rings is 4. The first-order chi connectivity index (χ1) is 20.6. The largest absolute Gasteiger partial charge is 1.00 e. The second kappa shape index (κ2) is 11.3. The van der Waals surface area contributed by atoms with Gasteiger partial charge in [-0.1, -0.05) is 96.7 Å². The van der Waals surface area contributed by atoms with Crippen LogP contribution in [0.1, 0.15) is 0 Å². The van der Waals surface area contributed by atoms with Gasteiger partial charge in [0.1, 0.15) is 5.44 Å². The Morgan fingerprint density at radius 1 is 0.674 bits per heavy atom. The number of rotatable bonds is 4. The van der Waals surface area contributed by atoms with Crippen molar-refractivity contribution in [1.29, 1.82) is 0 Å². The van der Waals surface area contributed by atoms with E-state index in [2.05, 4.69) is 4.98 Å². The SMILES string of the molecule is O=P(c1ccccc1)(c1ccccc1)c1ccc2ccc3ccc(-c4ccc([O-])c5c4oc4ccc[nH+]c45)nc3c2n1.[Cs+]. The van der Waals surface area contributed by atoms with Gasteiger partial charge in [0.25, 0.3) is 5.52 Å². The zero-order valence-corrected chi connectivity index (χ0v) is 30.4. The first-order valence-corrected chi connectivity index (χ1v) is 15.3. The Kier molecular flexibility index (Phi) is 7.52. The Bertz CT molecular complexity index is 2320. The molecule has 0 spiro atoms. The molecule has 8 aromatic rings. The number of aromatic amines is 1. The number of nitrogens with one attached hydrogen (secondary N) is 1. The van der Waals surface area contributed by atoms with Crippen LogP contribution >= 0.6 is 7.14 Å². The number of pyridine rings is 3. The first-order valence-electron chi connectivity index (χ1n) is 13.6. The van der Waals surface area contributed by atoms with E-state index in [0.717, 1.165) is 21.4 Å². The Balaban J connectivity index is 0.00000300. The van der Waals surface area contributed by atoms with E-state index >= 15 is 4.57 Å². The fraction of sp³-hybridized carbons (Fsp3) is 0. The predicted molar refractivity (Wildman–Crippen MR) is 165 cm³/mol. The Labute approximate surface area is 305 Å². The summed E-state index contributed by atoms with van der Waals surface area (Å²) in [4.78, 5) is 13.3. The molecule has 8 rings (SSSR count). The van der Waals surface area contributed by atoms with Crippen LogP contribution in [-0.4, -0.2) is 9.97 Å². The molecule has 0 bridgehead atoms. The third kappa shape index (κ3) is 4.67. The van der Waals surface area contributed by atoms with E-state index in [-0.39, 0.29) is 74.6 Å². The summed E-state index contributed by atoms with van der Waals surface area (Å²) in [5, 5.41) is 16.6. The number of H-pyrrole nitrogens is 1. The third-order valence-corrected chi connectivity index (χ3v) is 10.7. The molecule has 1 N–H and O–H groups in total. The van der Waals surface area contributed by atoms with Crippen molar-refractivity contribution >= 4 is 67.1 Å². The second-order valence-corrected chi connectivity index (χ2v) is 12.9. The van der Waals surface area contributed by atoms with Crippen molar-refractivity contribution in [1.82, 2.24) is 9.97 Å². The van der Waals surface area contributed by atoms with Gasteiger partial charge in [0, 0.05) is 33.0 Å². The summed E-state index contributed by atoms with van der Waals surface area (Å²) < 4.78 is 21.2. The summed E-state index contributed by atoms with van der Waals surface area (Å²) in [7, 11) is -3.28. The molecule has 0 amide bonds. The van der Waals surface area contributed by atoms with Crippen LogP contribution in [0.4, 0.5) is 0 Å². The smallest absolute Gasteiger partial charge is 0.872 e. The van der Waals surface area contributed by atoms with E-state index in [9.17, 15) is 5.11 Å². The molecule has 6 nitrogen and oxygen atoms in total. The van der Waals surface area contributed by atoms with Crippen LogP contribution in [0.3, 0.4) is 0 Å². The van der Waals surface area contributed by atoms with Gasteiger partial charge >= 0.3 is 68.9 Å². The molecule has 0 fully saturated rings. The average Bonchev–Trinajstić information content (AvgIpc) is 3.45. The maximum atomic E-state index is 15.0. The Morgan fingerprint density at radius 3 is 2.00 bits per heavy atom. The molecule has 4 heterocycles. The molecule has 0 saturated heterocycles. The van der Waals surface area contributed by atoms with Crippen LogP contribution in [0, 0.1) is 0 Å². The van der Waals surface area contributed by atoms with Crippen molar-refractivity contribution in [2.45, 2.75) is 0 Å². The molecule has 200 valence electrons. The molecule has 0 aliphatic rings. The van der Waals surface area contributed by atoms with Gasteiger partial charge in [0.2, 0.25) is 0 Å². The zero-order valence-electron chi connectivity index (χ0n) is 23.2. The van der Waals surface area contributed by atoms with Crippen molar-refractivity contribution in [3.63, 3.8) is 0 Å². The summed E-state index contributed by atoms with van der Waals surface area (Å²) in [6.45, 7) is 0. The van der Waals surface area contributed by atoms with Crippen molar-refractivity contribution in [2.75, 3.05) is 0 Å². The van der Waals surface area contributed by atoms with Gasteiger partial charge < -0.3 is 14.1 Å². The molecule has 0 unspecified atom stereocenters. The maximum Gasteiger partial charge on any atom is 1.00 e. The molecule has 0 aliphatic carbocycles. The van der Waals surface area contributed by atoms with Crippen molar-refractivity contribution in [2.24, 2.45) is 0 Å². The van der Waals surface area contributed by atoms with Gasteiger partial charge in [-0.15, -0.1) is 0 Å². The van der Waals surface area contributed by atoms with E-state index in [4.69, 9.17) is 14.4 Å². The van der Waals surface area contributed by atoms with E-state index in [1.165, 1.54) is 0 Å². The third-order valence-electron chi connectivity index (χ3n) is 7.74. The predicted octanol–water partition coefficient (Wildman–Crippen LogP) is 2.88. The van der Waals surface area contributed by atoms with Crippen LogP contribution < -0.4 is 95.0 Å². The van der Waals surface area contributed by atoms with Gasteiger partial charge in [0.05, 0.1) is 22.1 Å². The van der Waals surface area contributed by atoms with Gasteiger partial charge in [-0.3, -0.25) is 0 Å². The van der Waals surface area contributed by atoms with Crippen molar-refractivity contribution in [3.05, 3.63) is 128 Å². The number of aromatic nitrogens is 3. The summed E-state index contributed by atoms with van der Waals surface area (Å²) >= 11 is 0. The van der Waals surface area contributed by atoms with Crippen molar-refractivity contribution < 1.29 is 88.0 Å². The normalized spacial score (nSPS) is 11.7. The molecule has 0 aliphatic heterocycles. The molecule has 43 heavy (non-hydrogen) atoms. The maximum absolute atomic E-state index is 15.0. The van der Waals surface area contributed by atoms with Crippen molar-refractivity contribution in [3.8, 4) is 17.0 Å². The molecule has 4 aromatic carbocycles. The fourth-order valence-corrected chi connectivity index (χ4v) is 8.23. The van der Waals surface area contributed by atoms with E-state index < -0.39 is 7.14 Å². The molecule has 8 heteroatoms. The number of nitrogens with zero attached hydrogens (tertiary/aromatic N) is 2. The molecule has 4 aromatic heterocycles. The van der Waals surface area contributed by atoms with Gasteiger partial charge in [-0.25, -0.2) is 15.0 Å². The van der Waals surface area contributed by atoms with Gasteiger partial charge in [-0.05, 0) is 24.3 Å². The first kappa shape index (κ1) is 28.5. The number of fused-ring (bicyclic) bond motifs is 6. The Hall–Kier alpha value is -3.27.